The monoisotopic (exact) mass is 297 g/mol. The fraction of sp³-hybridized carbons (Fsp3) is 0.600. The number of ether oxygens (including phenoxy) is 1. The summed E-state index contributed by atoms with van der Waals surface area (Å²) in [6.45, 7) is 2.41. The average Bonchev–Trinajstić information content (AvgIpc) is 2.91. The lowest BCUT2D eigenvalue weighted by Gasteiger charge is -2.11. The Hall–Kier alpha value is -1.07. The second-order valence-electron chi connectivity index (χ2n) is 5.45. The van der Waals surface area contributed by atoms with Crippen LogP contribution in [0.1, 0.15) is 25.7 Å². The van der Waals surface area contributed by atoms with Crippen LogP contribution >= 0.6 is 0 Å². The molecule has 2 rings (SSSR count). The van der Waals surface area contributed by atoms with Gasteiger partial charge in [0.05, 0.1) is 4.90 Å². The van der Waals surface area contributed by atoms with Gasteiger partial charge >= 0.3 is 0 Å². The van der Waals surface area contributed by atoms with Crippen LogP contribution in [0.5, 0.6) is 5.75 Å². The molecule has 1 fully saturated rings. The summed E-state index contributed by atoms with van der Waals surface area (Å²) in [6.07, 6.45) is 6.60. The summed E-state index contributed by atoms with van der Waals surface area (Å²) in [5, 5.41) is 3.40. The Morgan fingerprint density at radius 2 is 2.05 bits per heavy atom. The van der Waals surface area contributed by atoms with Crippen LogP contribution < -0.4 is 10.1 Å². The van der Waals surface area contributed by atoms with Gasteiger partial charge in [-0.2, -0.15) is 0 Å². The number of rotatable bonds is 7. The van der Waals surface area contributed by atoms with Crippen molar-refractivity contribution in [2.75, 3.05) is 26.0 Å². The first-order valence-electron chi connectivity index (χ1n) is 7.19. The number of hydrogen-bond acceptors (Lipinski definition) is 4. The first-order valence-corrected chi connectivity index (χ1v) is 9.08. The highest BCUT2D eigenvalue weighted by molar-refractivity contribution is 7.90. The minimum atomic E-state index is -3.17. The zero-order chi connectivity index (χ0) is 14.4. The van der Waals surface area contributed by atoms with Gasteiger partial charge in [0.25, 0.3) is 0 Å². The van der Waals surface area contributed by atoms with Crippen molar-refractivity contribution in [2.45, 2.75) is 30.6 Å². The molecule has 1 aliphatic rings. The Balaban J connectivity index is 1.71. The topological polar surface area (TPSA) is 55.4 Å². The summed E-state index contributed by atoms with van der Waals surface area (Å²) >= 11 is 0. The highest BCUT2D eigenvalue weighted by Gasteiger charge is 2.13. The summed E-state index contributed by atoms with van der Waals surface area (Å²) in [6, 6.07) is 6.65. The summed E-state index contributed by atoms with van der Waals surface area (Å²) in [5.74, 6) is 1.43. The molecule has 1 saturated carbocycles. The Kier molecular flexibility index (Phi) is 5.43. The lowest BCUT2D eigenvalue weighted by molar-refractivity contribution is 0.308. The summed E-state index contributed by atoms with van der Waals surface area (Å²) in [5.41, 5.74) is 0. The third-order valence-electron chi connectivity index (χ3n) is 3.69. The number of nitrogens with one attached hydrogen (secondary N) is 1. The first-order chi connectivity index (χ1) is 9.55. The van der Waals surface area contributed by atoms with Gasteiger partial charge in [-0.05, 0) is 43.5 Å². The second-order valence-corrected chi connectivity index (χ2v) is 7.47. The molecular weight excluding hydrogens is 274 g/mol. The molecule has 20 heavy (non-hydrogen) atoms. The van der Waals surface area contributed by atoms with E-state index in [4.69, 9.17) is 4.74 Å². The zero-order valence-electron chi connectivity index (χ0n) is 12.0. The van der Waals surface area contributed by atoms with Crippen molar-refractivity contribution in [3.05, 3.63) is 24.3 Å². The maximum Gasteiger partial charge on any atom is 0.175 e. The predicted octanol–water partition coefficient (Wildman–Crippen LogP) is 2.25. The predicted molar refractivity (Wildman–Crippen MR) is 79.9 cm³/mol. The molecule has 0 saturated heterocycles. The quantitative estimate of drug-likeness (QED) is 0.784. The fourth-order valence-electron chi connectivity index (χ4n) is 2.56. The van der Waals surface area contributed by atoms with Gasteiger partial charge in [0.1, 0.15) is 12.4 Å². The lowest BCUT2D eigenvalue weighted by Crippen LogP contribution is -2.26. The van der Waals surface area contributed by atoms with E-state index in [2.05, 4.69) is 5.32 Å². The van der Waals surface area contributed by atoms with Gasteiger partial charge in [-0.1, -0.05) is 18.9 Å². The van der Waals surface area contributed by atoms with Crippen LogP contribution in [0.15, 0.2) is 29.2 Å². The molecule has 0 aromatic heterocycles. The molecule has 0 spiro atoms. The smallest absolute Gasteiger partial charge is 0.175 e. The number of sulfone groups is 1. The van der Waals surface area contributed by atoms with Crippen molar-refractivity contribution in [3.8, 4) is 5.75 Å². The fourth-order valence-corrected chi connectivity index (χ4v) is 3.21. The van der Waals surface area contributed by atoms with E-state index in [0.29, 0.717) is 17.3 Å². The number of hydrogen-bond donors (Lipinski definition) is 1. The first kappa shape index (κ1) is 15.3. The van der Waals surface area contributed by atoms with Crippen LogP contribution in [-0.4, -0.2) is 34.4 Å². The van der Waals surface area contributed by atoms with Crippen molar-refractivity contribution < 1.29 is 13.2 Å². The molecule has 0 atom stereocenters. The minimum absolute atomic E-state index is 0.300. The Morgan fingerprint density at radius 1 is 1.30 bits per heavy atom. The molecule has 1 aromatic carbocycles. The maximum absolute atomic E-state index is 11.4. The van der Waals surface area contributed by atoms with E-state index in [1.165, 1.54) is 31.9 Å². The van der Waals surface area contributed by atoms with Gasteiger partial charge in [-0.15, -0.1) is 0 Å². The van der Waals surface area contributed by atoms with E-state index in [0.717, 1.165) is 19.0 Å². The minimum Gasteiger partial charge on any atom is -0.492 e. The zero-order valence-corrected chi connectivity index (χ0v) is 12.8. The van der Waals surface area contributed by atoms with E-state index < -0.39 is 9.84 Å². The highest BCUT2D eigenvalue weighted by Crippen LogP contribution is 2.23. The molecule has 0 heterocycles. The molecule has 5 heteroatoms. The molecule has 0 amide bonds. The standard InChI is InChI=1S/C15H23NO3S/c1-20(17,18)15-8-4-7-14(11-15)19-10-9-16-12-13-5-2-3-6-13/h4,7-8,11,13,16H,2-3,5-6,9-10,12H2,1H3. The average molecular weight is 297 g/mol. The molecule has 112 valence electrons. The Bertz CT molecular complexity index is 522. The molecule has 0 bridgehead atoms. The Labute approximate surface area is 121 Å². The third kappa shape index (κ3) is 4.80. The van der Waals surface area contributed by atoms with Crippen molar-refractivity contribution >= 4 is 9.84 Å². The van der Waals surface area contributed by atoms with Gasteiger partial charge in [0.15, 0.2) is 9.84 Å². The van der Waals surface area contributed by atoms with Crippen LogP contribution in [-0.2, 0) is 9.84 Å². The van der Waals surface area contributed by atoms with Gasteiger partial charge in [0.2, 0.25) is 0 Å². The van der Waals surface area contributed by atoms with E-state index in [1.807, 2.05) is 0 Å². The molecule has 4 nitrogen and oxygen atoms in total. The van der Waals surface area contributed by atoms with E-state index in [-0.39, 0.29) is 0 Å². The second kappa shape index (κ2) is 7.09. The van der Waals surface area contributed by atoms with Crippen molar-refractivity contribution in [1.82, 2.24) is 5.32 Å². The summed E-state index contributed by atoms with van der Waals surface area (Å²) in [7, 11) is -3.17. The van der Waals surface area contributed by atoms with Crippen LogP contribution in [0.4, 0.5) is 0 Å². The van der Waals surface area contributed by atoms with Crippen LogP contribution in [0, 0.1) is 5.92 Å². The normalized spacial score (nSPS) is 16.4. The molecular formula is C15H23NO3S. The van der Waals surface area contributed by atoms with Crippen LogP contribution in [0.25, 0.3) is 0 Å². The molecule has 0 unspecified atom stereocenters. The van der Waals surface area contributed by atoms with Gasteiger partial charge in [0, 0.05) is 12.8 Å². The summed E-state index contributed by atoms with van der Waals surface area (Å²) in [4.78, 5) is 0.300. The maximum atomic E-state index is 11.4. The van der Waals surface area contributed by atoms with E-state index >= 15 is 0 Å². The lowest BCUT2D eigenvalue weighted by atomic mass is 10.1. The summed E-state index contributed by atoms with van der Waals surface area (Å²) < 4.78 is 28.5. The van der Waals surface area contributed by atoms with Crippen molar-refractivity contribution in [2.24, 2.45) is 5.92 Å². The van der Waals surface area contributed by atoms with E-state index in [1.54, 1.807) is 24.3 Å². The molecule has 1 N–H and O–H groups in total. The molecule has 1 aromatic rings. The van der Waals surface area contributed by atoms with Gasteiger partial charge in [-0.25, -0.2) is 8.42 Å². The van der Waals surface area contributed by atoms with Gasteiger partial charge in [-0.3, -0.25) is 0 Å². The third-order valence-corrected chi connectivity index (χ3v) is 4.80. The largest absolute Gasteiger partial charge is 0.492 e. The Morgan fingerprint density at radius 3 is 2.75 bits per heavy atom. The highest BCUT2D eigenvalue weighted by atomic mass is 32.2. The molecule has 1 aliphatic carbocycles. The molecule has 0 aliphatic heterocycles. The van der Waals surface area contributed by atoms with Crippen molar-refractivity contribution in [3.63, 3.8) is 0 Å². The van der Waals surface area contributed by atoms with Gasteiger partial charge < -0.3 is 10.1 Å². The van der Waals surface area contributed by atoms with Crippen LogP contribution in [0.2, 0.25) is 0 Å². The SMILES string of the molecule is CS(=O)(=O)c1cccc(OCCNCC2CCCC2)c1. The van der Waals surface area contributed by atoms with Crippen LogP contribution in [0.3, 0.4) is 0 Å². The van der Waals surface area contributed by atoms with Crippen molar-refractivity contribution in [1.29, 1.82) is 0 Å². The molecule has 0 radical (unpaired) electrons. The number of benzene rings is 1. The van der Waals surface area contributed by atoms with E-state index in [9.17, 15) is 8.42 Å².